The minimum Gasteiger partial charge on any atom is -0.391 e. The summed E-state index contributed by atoms with van der Waals surface area (Å²) in [5, 5.41) is 11.4. The van der Waals surface area contributed by atoms with Gasteiger partial charge in [0.25, 0.3) is 0 Å². The van der Waals surface area contributed by atoms with Gasteiger partial charge in [-0.1, -0.05) is 25.0 Å². The number of rotatable bonds is 2. The quantitative estimate of drug-likeness (QED) is 0.864. The van der Waals surface area contributed by atoms with Crippen LogP contribution in [0.4, 0.5) is 5.82 Å². The number of nitrogens with zero attached hydrogens (tertiary/aromatic N) is 3. The molecule has 1 aromatic carbocycles. The molecule has 1 aliphatic carbocycles. The Labute approximate surface area is 123 Å². The van der Waals surface area contributed by atoms with Crippen molar-refractivity contribution < 1.29 is 5.11 Å². The van der Waals surface area contributed by atoms with Crippen LogP contribution in [0.2, 0.25) is 5.28 Å². The third-order valence-corrected chi connectivity index (χ3v) is 4.25. The van der Waals surface area contributed by atoms with Gasteiger partial charge in [-0.3, -0.25) is 0 Å². The van der Waals surface area contributed by atoms with E-state index in [0.717, 1.165) is 42.4 Å². The molecule has 2 unspecified atom stereocenters. The number of halogens is 1. The summed E-state index contributed by atoms with van der Waals surface area (Å²) in [7, 11) is 1.98. The highest BCUT2D eigenvalue weighted by atomic mass is 35.5. The maximum atomic E-state index is 10.2. The van der Waals surface area contributed by atoms with Crippen LogP contribution in [0.15, 0.2) is 24.3 Å². The van der Waals surface area contributed by atoms with Gasteiger partial charge in [-0.15, -0.1) is 0 Å². The van der Waals surface area contributed by atoms with Gasteiger partial charge in [-0.2, -0.15) is 4.98 Å². The predicted molar refractivity (Wildman–Crippen MR) is 81.2 cm³/mol. The molecule has 0 spiro atoms. The Kier molecular flexibility index (Phi) is 3.76. The van der Waals surface area contributed by atoms with E-state index < -0.39 is 0 Å². The number of para-hydroxylation sites is 1. The van der Waals surface area contributed by atoms with Crippen LogP contribution in [0.1, 0.15) is 25.7 Å². The van der Waals surface area contributed by atoms with Crippen molar-refractivity contribution in [1.29, 1.82) is 0 Å². The standard InChI is InChI=1S/C15H18ClN3O/c1-19(12-8-4-5-9-13(12)20)14-10-6-2-3-7-11(10)17-15(16)18-14/h2-3,6-7,12-13,20H,4-5,8-9H2,1H3. The van der Waals surface area contributed by atoms with Crippen molar-refractivity contribution in [3.05, 3.63) is 29.5 Å². The third-order valence-electron chi connectivity index (χ3n) is 4.08. The first kappa shape index (κ1) is 13.6. The average Bonchev–Trinajstić information content (AvgIpc) is 2.46. The number of aromatic nitrogens is 2. The smallest absolute Gasteiger partial charge is 0.224 e. The molecule has 1 aliphatic rings. The van der Waals surface area contributed by atoms with Crippen LogP contribution in [0, 0.1) is 0 Å². The summed E-state index contributed by atoms with van der Waals surface area (Å²) in [4.78, 5) is 10.7. The van der Waals surface area contributed by atoms with Gasteiger partial charge < -0.3 is 10.0 Å². The van der Waals surface area contributed by atoms with Gasteiger partial charge in [-0.25, -0.2) is 4.98 Å². The molecule has 4 nitrogen and oxygen atoms in total. The zero-order valence-electron chi connectivity index (χ0n) is 11.5. The van der Waals surface area contributed by atoms with Crippen molar-refractivity contribution in [3.63, 3.8) is 0 Å². The second-order valence-electron chi connectivity index (χ2n) is 5.36. The Balaban J connectivity index is 2.04. The Morgan fingerprint density at radius 3 is 2.75 bits per heavy atom. The van der Waals surface area contributed by atoms with Crippen molar-refractivity contribution in [2.24, 2.45) is 0 Å². The molecule has 1 saturated carbocycles. The fourth-order valence-electron chi connectivity index (χ4n) is 3.00. The van der Waals surface area contributed by atoms with E-state index in [1.807, 2.05) is 31.3 Å². The average molecular weight is 292 g/mol. The van der Waals surface area contributed by atoms with Crippen LogP contribution < -0.4 is 4.90 Å². The van der Waals surface area contributed by atoms with Crippen LogP contribution in [-0.2, 0) is 0 Å². The highest BCUT2D eigenvalue weighted by molar-refractivity contribution is 6.28. The molecule has 1 fully saturated rings. The van der Waals surface area contributed by atoms with Crippen LogP contribution in [0.5, 0.6) is 0 Å². The molecule has 1 heterocycles. The van der Waals surface area contributed by atoms with Gasteiger partial charge in [0, 0.05) is 12.4 Å². The maximum absolute atomic E-state index is 10.2. The van der Waals surface area contributed by atoms with E-state index in [9.17, 15) is 5.11 Å². The summed E-state index contributed by atoms with van der Waals surface area (Å²) in [6.45, 7) is 0. The van der Waals surface area contributed by atoms with Crippen molar-refractivity contribution in [3.8, 4) is 0 Å². The molecule has 1 aromatic heterocycles. The van der Waals surface area contributed by atoms with Gasteiger partial charge in [0.1, 0.15) is 5.82 Å². The molecule has 2 aromatic rings. The van der Waals surface area contributed by atoms with E-state index in [0.29, 0.717) is 0 Å². The maximum Gasteiger partial charge on any atom is 0.224 e. The molecule has 20 heavy (non-hydrogen) atoms. The molecule has 2 atom stereocenters. The molecule has 0 aliphatic heterocycles. The first-order chi connectivity index (χ1) is 9.66. The van der Waals surface area contributed by atoms with Gasteiger partial charge in [-0.05, 0) is 36.6 Å². The lowest BCUT2D eigenvalue weighted by atomic mass is 9.91. The zero-order valence-corrected chi connectivity index (χ0v) is 12.2. The molecule has 0 amide bonds. The largest absolute Gasteiger partial charge is 0.391 e. The van der Waals surface area contributed by atoms with Crippen LogP contribution in [0.3, 0.4) is 0 Å². The Morgan fingerprint density at radius 1 is 1.20 bits per heavy atom. The number of fused-ring (bicyclic) bond motifs is 1. The van der Waals surface area contributed by atoms with Crippen LogP contribution in [-0.4, -0.2) is 34.3 Å². The third kappa shape index (κ3) is 2.45. The van der Waals surface area contributed by atoms with Gasteiger partial charge in [0.05, 0.1) is 17.7 Å². The highest BCUT2D eigenvalue weighted by Gasteiger charge is 2.28. The van der Waals surface area contributed by atoms with E-state index in [2.05, 4.69) is 14.9 Å². The first-order valence-electron chi connectivity index (χ1n) is 7.00. The summed E-state index contributed by atoms with van der Waals surface area (Å²) in [5.41, 5.74) is 0.833. The van der Waals surface area contributed by atoms with Crippen molar-refractivity contribution in [1.82, 2.24) is 9.97 Å². The topological polar surface area (TPSA) is 49.2 Å². The lowest BCUT2D eigenvalue weighted by molar-refractivity contribution is 0.106. The normalized spacial score (nSPS) is 22.9. The molecule has 1 N–H and O–H groups in total. The van der Waals surface area contributed by atoms with E-state index in [-0.39, 0.29) is 17.4 Å². The molecule has 106 valence electrons. The summed E-state index contributed by atoms with van der Waals surface area (Å²) < 4.78 is 0. The van der Waals surface area contributed by atoms with Gasteiger partial charge >= 0.3 is 0 Å². The van der Waals surface area contributed by atoms with Crippen LogP contribution >= 0.6 is 11.6 Å². The van der Waals surface area contributed by atoms with Crippen molar-refractivity contribution >= 4 is 28.3 Å². The molecule has 0 saturated heterocycles. The Bertz CT molecular complexity index is 619. The number of aliphatic hydroxyl groups excluding tert-OH is 1. The van der Waals surface area contributed by atoms with Crippen LogP contribution in [0.25, 0.3) is 10.9 Å². The van der Waals surface area contributed by atoms with E-state index >= 15 is 0 Å². The van der Waals surface area contributed by atoms with Crippen molar-refractivity contribution in [2.45, 2.75) is 37.8 Å². The minimum absolute atomic E-state index is 0.0955. The monoisotopic (exact) mass is 291 g/mol. The number of likely N-dealkylation sites (N-methyl/N-ethyl adjacent to an activating group) is 1. The SMILES string of the molecule is CN(c1nc(Cl)nc2ccccc12)C1CCCCC1O. The second kappa shape index (κ2) is 5.54. The van der Waals surface area contributed by atoms with Gasteiger partial charge in [0.2, 0.25) is 5.28 Å². The number of anilines is 1. The Morgan fingerprint density at radius 2 is 1.95 bits per heavy atom. The zero-order chi connectivity index (χ0) is 14.1. The fourth-order valence-corrected chi connectivity index (χ4v) is 3.17. The molecular formula is C15H18ClN3O. The van der Waals surface area contributed by atoms with E-state index in [1.54, 1.807) is 0 Å². The summed E-state index contributed by atoms with van der Waals surface area (Å²) >= 11 is 6.03. The molecule has 3 rings (SSSR count). The molecule has 0 bridgehead atoms. The summed E-state index contributed by atoms with van der Waals surface area (Å²) in [5.74, 6) is 0.798. The van der Waals surface area contributed by atoms with E-state index in [1.165, 1.54) is 0 Å². The van der Waals surface area contributed by atoms with Gasteiger partial charge in [0.15, 0.2) is 0 Å². The molecular weight excluding hydrogens is 274 g/mol. The summed E-state index contributed by atoms with van der Waals surface area (Å²) in [6, 6.07) is 7.92. The molecule has 5 heteroatoms. The lowest BCUT2D eigenvalue weighted by Gasteiger charge is -2.36. The number of aliphatic hydroxyl groups is 1. The number of benzene rings is 1. The summed E-state index contributed by atoms with van der Waals surface area (Å²) in [6.07, 6.45) is 3.76. The highest BCUT2D eigenvalue weighted by Crippen LogP contribution is 2.30. The first-order valence-corrected chi connectivity index (χ1v) is 7.38. The van der Waals surface area contributed by atoms with E-state index in [4.69, 9.17) is 11.6 Å². The number of hydrogen-bond acceptors (Lipinski definition) is 4. The Hall–Kier alpha value is -1.39. The molecule has 0 radical (unpaired) electrons. The second-order valence-corrected chi connectivity index (χ2v) is 5.70. The minimum atomic E-state index is -0.304. The fraction of sp³-hybridized carbons (Fsp3) is 0.467. The predicted octanol–water partition coefficient (Wildman–Crippen LogP) is 3.02. The number of hydrogen-bond donors (Lipinski definition) is 1. The van der Waals surface area contributed by atoms with Crippen molar-refractivity contribution in [2.75, 3.05) is 11.9 Å². The lowest BCUT2D eigenvalue weighted by Crippen LogP contribution is -2.44.